The summed E-state index contributed by atoms with van der Waals surface area (Å²) in [6, 6.07) is 1.79. The van der Waals surface area contributed by atoms with Gasteiger partial charge in [-0.05, 0) is 26.0 Å². The third-order valence-corrected chi connectivity index (χ3v) is 4.32. The normalized spacial score (nSPS) is 16.9. The Morgan fingerprint density at radius 3 is 2.76 bits per heavy atom. The molecule has 0 saturated carbocycles. The van der Waals surface area contributed by atoms with Gasteiger partial charge in [-0.1, -0.05) is 0 Å². The summed E-state index contributed by atoms with van der Waals surface area (Å²) in [5.41, 5.74) is -0.431. The van der Waals surface area contributed by atoms with E-state index in [2.05, 4.69) is 15.3 Å². The molecule has 0 aliphatic carbocycles. The van der Waals surface area contributed by atoms with E-state index in [1.807, 2.05) is 7.05 Å². The van der Waals surface area contributed by atoms with Gasteiger partial charge in [0.2, 0.25) is 0 Å². The van der Waals surface area contributed by atoms with Crippen LogP contribution < -0.4 is 16.6 Å². The third kappa shape index (κ3) is 4.02. The van der Waals surface area contributed by atoms with Crippen molar-refractivity contribution in [2.24, 2.45) is 7.05 Å². The second-order valence-electron chi connectivity index (χ2n) is 5.79. The number of H-pyrrole nitrogens is 1. The van der Waals surface area contributed by atoms with Gasteiger partial charge in [0.05, 0.1) is 10.9 Å². The zero-order chi connectivity index (χ0) is 16.6. The number of carbonyl (C=O) groups is 1. The van der Waals surface area contributed by atoms with Crippen LogP contribution in [0.15, 0.2) is 21.9 Å². The highest BCUT2D eigenvalue weighted by Crippen LogP contribution is 2.15. The van der Waals surface area contributed by atoms with Crippen molar-refractivity contribution in [2.75, 3.05) is 20.1 Å². The van der Waals surface area contributed by atoms with E-state index in [9.17, 15) is 14.4 Å². The lowest BCUT2D eigenvalue weighted by Gasteiger charge is -2.32. The summed E-state index contributed by atoms with van der Waals surface area (Å²) < 4.78 is 1.25. The van der Waals surface area contributed by atoms with Gasteiger partial charge >= 0.3 is 5.69 Å². The van der Waals surface area contributed by atoms with Gasteiger partial charge < -0.3 is 10.2 Å². The molecule has 25 heavy (non-hydrogen) atoms. The van der Waals surface area contributed by atoms with Crippen LogP contribution in [0.4, 0.5) is 0 Å². The average Bonchev–Trinajstić information content (AvgIpc) is 2.58. The molecule has 1 saturated heterocycles. The minimum atomic E-state index is -0.531. The molecular weight excluding hydrogens is 369 g/mol. The molecule has 0 radical (unpaired) electrons. The van der Waals surface area contributed by atoms with Gasteiger partial charge in [0.1, 0.15) is 5.65 Å². The lowest BCUT2D eigenvalue weighted by molar-refractivity contribution is 0.0698. The van der Waals surface area contributed by atoms with Crippen molar-refractivity contribution in [2.45, 2.75) is 18.9 Å². The number of aromatic amines is 1. The average molecular weight is 390 g/mol. The fourth-order valence-corrected chi connectivity index (χ4v) is 2.93. The van der Waals surface area contributed by atoms with E-state index < -0.39 is 11.2 Å². The van der Waals surface area contributed by atoms with Crippen molar-refractivity contribution in [3.63, 3.8) is 0 Å². The van der Waals surface area contributed by atoms with E-state index in [1.165, 1.54) is 23.9 Å². The molecule has 0 aromatic carbocycles. The quantitative estimate of drug-likeness (QED) is 0.768. The van der Waals surface area contributed by atoms with Crippen LogP contribution in [-0.4, -0.2) is 51.5 Å². The number of likely N-dealkylation sites (tertiary alicyclic amines) is 1. The van der Waals surface area contributed by atoms with Crippen molar-refractivity contribution in [3.8, 4) is 0 Å². The first-order valence-electron chi connectivity index (χ1n) is 7.57. The number of nitrogens with zero attached hydrogens (tertiary/aromatic N) is 3. The Balaban J connectivity index is 0.00000156. The maximum atomic E-state index is 12.6. The highest BCUT2D eigenvalue weighted by Gasteiger charge is 2.24. The first kappa shape index (κ1) is 21.1. The Bertz CT molecular complexity index is 880. The minimum Gasteiger partial charge on any atom is -0.337 e. The predicted octanol–water partition coefficient (Wildman–Crippen LogP) is 0.289. The Morgan fingerprint density at radius 1 is 1.36 bits per heavy atom. The molecule has 3 heterocycles. The van der Waals surface area contributed by atoms with Crippen molar-refractivity contribution >= 4 is 41.8 Å². The number of hydrogen-bond donors (Lipinski definition) is 2. The van der Waals surface area contributed by atoms with Crippen molar-refractivity contribution < 1.29 is 4.79 Å². The molecule has 2 aromatic heterocycles. The third-order valence-electron chi connectivity index (χ3n) is 4.32. The highest BCUT2D eigenvalue weighted by atomic mass is 35.5. The van der Waals surface area contributed by atoms with Gasteiger partial charge in [-0.2, -0.15) is 0 Å². The maximum Gasteiger partial charge on any atom is 0.329 e. The standard InChI is InChI=1S/C15H19N5O3.2ClH/c1-16-10-4-3-5-20(8-10)14(22)9-6-11-12(17-7-9)19(2)15(23)18-13(11)21;;/h6-7,10,16H,3-5,8H2,1-2H3,(H,18,21,23);2*1H. The SMILES string of the molecule is CNC1CCCN(C(=O)c2cnc3c(c2)c(=O)[nH]c(=O)n3C)C1.Cl.Cl. The van der Waals surface area contributed by atoms with Crippen LogP contribution in [0.3, 0.4) is 0 Å². The molecule has 138 valence electrons. The Morgan fingerprint density at radius 2 is 2.08 bits per heavy atom. The summed E-state index contributed by atoms with van der Waals surface area (Å²) in [5, 5.41) is 3.43. The molecule has 1 aliphatic heterocycles. The molecule has 1 atom stereocenters. The lowest BCUT2D eigenvalue weighted by Crippen LogP contribution is -2.47. The van der Waals surface area contributed by atoms with Crippen molar-refractivity contribution in [1.82, 2.24) is 24.8 Å². The molecule has 3 rings (SSSR count). The van der Waals surface area contributed by atoms with Gasteiger partial charge in [-0.25, -0.2) is 9.78 Å². The van der Waals surface area contributed by atoms with Gasteiger partial charge in [0.15, 0.2) is 0 Å². The number of pyridine rings is 1. The van der Waals surface area contributed by atoms with Crippen LogP contribution in [0.5, 0.6) is 0 Å². The molecule has 2 N–H and O–H groups in total. The number of hydrogen-bond acceptors (Lipinski definition) is 5. The van der Waals surface area contributed by atoms with E-state index in [0.717, 1.165) is 12.8 Å². The topological polar surface area (TPSA) is 100 Å². The molecule has 0 spiro atoms. The molecule has 8 nitrogen and oxygen atoms in total. The van der Waals surface area contributed by atoms with Gasteiger partial charge in [0, 0.05) is 32.4 Å². The molecule has 2 aromatic rings. The van der Waals surface area contributed by atoms with Crippen LogP contribution in [0.1, 0.15) is 23.2 Å². The predicted molar refractivity (Wildman–Crippen MR) is 100 cm³/mol. The first-order chi connectivity index (χ1) is 11.0. The molecule has 1 amide bonds. The number of fused-ring (bicyclic) bond motifs is 1. The monoisotopic (exact) mass is 389 g/mol. The van der Waals surface area contributed by atoms with Crippen molar-refractivity contribution in [1.29, 1.82) is 0 Å². The van der Waals surface area contributed by atoms with Gasteiger partial charge in [-0.15, -0.1) is 24.8 Å². The Kier molecular flexibility index (Phi) is 7.16. The minimum absolute atomic E-state index is 0. The summed E-state index contributed by atoms with van der Waals surface area (Å²) in [6.45, 7) is 1.33. The largest absolute Gasteiger partial charge is 0.337 e. The summed E-state index contributed by atoms with van der Waals surface area (Å²) in [7, 11) is 3.41. The molecule has 1 fully saturated rings. The number of piperidine rings is 1. The van der Waals surface area contributed by atoms with Crippen LogP contribution in [0.2, 0.25) is 0 Å². The number of likely N-dealkylation sites (N-methyl/N-ethyl adjacent to an activating group) is 1. The zero-order valence-electron chi connectivity index (χ0n) is 13.9. The van der Waals surface area contributed by atoms with Crippen LogP contribution >= 0.6 is 24.8 Å². The summed E-state index contributed by atoms with van der Waals surface area (Å²) in [5.74, 6) is -0.146. The van der Waals surface area contributed by atoms with E-state index in [0.29, 0.717) is 18.7 Å². The van der Waals surface area contributed by atoms with Gasteiger partial charge in [-0.3, -0.25) is 19.1 Å². The maximum absolute atomic E-state index is 12.6. The van der Waals surface area contributed by atoms with Crippen LogP contribution in [0, 0.1) is 0 Å². The fraction of sp³-hybridized carbons (Fsp3) is 0.467. The molecular formula is C15H21Cl2N5O3. The lowest BCUT2D eigenvalue weighted by atomic mass is 10.0. The number of aryl methyl sites for hydroxylation is 1. The first-order valence-corrected chi connectivity index (χ1v) is 7.57. The van der Waals surface area contributed by atoms with E-state index >= 15 is 0 Å². The second kappa shape index (κ2) is 8.46. The van der Waals surface area contributed by atoms with Crippen LogP contribution in [-0.2, 0) is 7.05 Å². The molecule has 1 aliphatic rings. The Hall–Kier alpha value is -1.90. The fourth-order valence-electron chi connectivity index (χ4n) is 2.93. The zero-order valence-corrected chi connectivity index (χ0v) is 15.6. The van der Waals surface area contributed by atoms with E-state index in [-0.39, 0.29) is 47.8 Å². The summed E-state index contributed by atoms with van der Waals surface area (Å²) >= 11 is 0. The van der Waals surface area contributed by atoms with E-state index in [1.54, 1.807) is 4.90 Å². The van der Waals surface area contributed by atoms with E-state index in [4.69, 9.17) is 0 Å². The number of nitrogens with one attached hydrogen (secondary N) is 2. The summed E-state index contributed by atoms with van der Waals surface area (Å²) in [6.07, 6.45) is 3.40. The number of rotatable bonds is 2. The number of carbonyl (C=O) groups excluding carboxylic acids is 1. The van der Waals surface area contributed by atoms with Crippen molar-refractivity contribution in [3.05, 3.63) is 38.7 Å². The molecule has 10 heteroatoms. The Labute approximate surface area is 156 Å². The molecule has 0 bridgehead atoms. The number of amides is 1. The summed E-state index contributed by atoms with van der Waals surface area (Å²) in [4.78, 5) is 44.3. The van der Waals surface area contributed by atoms with Crippen LogP contribution in [0.25, 0.3) is 11.0 Å². The number of halogens is 2. The second-order valence-corrected chi connectivity index (χ2v) is 5.79. The number of aromatic nitrogens is 3. The molecule has 1 unspecified atom stereocenters. The smallest absolute Gasteiger partial charge is 0.329 e. The van der Waals surface area contributed by atoms with Gasteiger partial charge in [0.25, 0.3) is 11.5 Å². The highest BCUT2D eigenvalue weighted by molar-refractivity contribution is 5.96.